The van der Waals surface area contributed by atoms with Crippen molar-refractivity contribution >= 4 is 23.3 Å². The van der Waals surface area contributed by atoms with E-state index in [4.69, 9.17) is 21.1 Å². The number of nitriles is 1. The molecule has 3 aromatic carbocycles. The normalized spacial score (nSPS) is 11.0. The van der Waals surface area contributed by atoms with Crippen LogP contribution in [0, 0.1) is 17.1 Å². The standard InChI is InChI=1S/C24H19ClFNO2/c1-2-28-24-14-17(13-19(15-27)20-8-4-6-10-22(20)26)11-12-23(24)29-16-18-7-3-5-9-21(18)25/h3-14H,2,16H2,1H3. The summed E-state index contributed by atoms with van der Waals surface area (Å²) in [6.45, 7) is 2.63. The average molecular weight is 408 g/mol. The van der Waals surface area contributed by atoms with E-state index in [0.717, 1.165) is 5.56 Å². The summed E-state index contributed by atoms with van der Waals surface area (Å²) >= 11 is 6.18. The second kappa shape index (κ2) is 9.77. The summed E-state index contributed by atoms with van der Waals surface area (Å²) in [5.74, 6) is 0.664. The number of benzene rings is 3. The molecule has 0 aromatic heterocycles. The monoisotopic (exact) mass is 407 g/mol. The highest BCUT2D eigenvalue weighted by Crippen LogP contribution is 2.31. The van der Waals surface area contributed by atoms with E-state index in [0.29, 0.717) is 35.3 Å². The smallest absolute Gasteiger partial charge is 0.161 e. The number of nitrogens with zero attached hydrogens (tertiary/aromatic N) is 1. The molecule has 0 atom stereocenters. The van der Waals surface area contributed by atoms with Crippen molar-refractivity contribution in [1.82, 2.24) is 0 Å². The van der Waals surface area contributed by atoms with Gasteiger partial charge in [0.1, 0.15) is 12.4 Å². The fourth-order valence-electron chi connectivity index (χ4n) is 2.79. The predicted molar refractivity (Wildman–Crippen MR) is 113 cm³/mol. The van der Waals surface area contributed by atoms with Gasteiger partial charge in [-0.25, -0.2) is 4.39 Å². The quantitative estimate of drug-likeness (QED) is 0.330. The first-order valence-electron chi connectivity index (χ1n) is 9.12. The van der Waals surface area contributed by atoms with E-state index in [1.54, 1.807) is 42.5 Å². The minimum Gasteiger partial charge on any atom is -0.490 e. The van der Waals surface area contributed by atoms with Gasteiger partial charge < -0.3 is 9.47 Å². The zero-order valence-corrected chi connectivity index (χ0v) is 16.6. The lowest BCUT2D eigenvalue weighted by Gasteiger charge is -2.13. The van der Waals surface area contributed by atoms with Crippen molar-refractivity contribution in [2.45, 2.75) is 13.5 Å². The summed E-state index contributed by atoms with van der Waals surface area (Å²) in [5, 5.41) is 10.1. The first-order valence-corrected chi connectivity index (χ1v) is 9.50. The summed E-state index contributed by atoms with van der Waals surface area (Å²) < 4.78 is 25.6. The molecule has 0 spiro atoms. The first-order chi connectivity index (χ1) is 14.1. The molecule has 0 aliphatic carbocycles. The third-order valence-electron chi connectivity index (χ3n) is 4.20. The zero-order chi connectivity index (χ0) is 20.6. The van der Waals surface area contributed by atoms with E-state index < -0.39 is 5.82 Å². The van der Waals surface area contributed by atoms with E-state index >= 15 is 0 Å². The van der Waals surface area contributed by atoms with E-state index in [1.807, 2.05) is 31.2 Å². The summed E-state index contributed by atoms with van der Waals surface area (Å²) in [5.41, 5.74) is 2.06. The molecule has 0 fully saturated rings. The number of halogens is 2. The molecule has 0 N–H and O–H groups in total. The summed E-state index contributed by atoms with van der Waals surface area (Å²) in [4.78, 5) is 0. The lowest BCUT2D eigenvalue weighted by Crippen LogP contribution is -2.00. The van der Waals surface area contributed by atoms with Gasteiger partial charge in [-0.2, -0.15) is 5.26 Å². The molecule has 3 rings (SSSR count). The summed E-state index contributed by atoms with van der Waals surface area (Å²) in [6.07, 6.45) is 1.62. The molecular weight excluding hydrogens is 389 g/mol. The number of ether oxygens (including phenoxy) is 2. The predicted octanol–water partition coefficient (Wildman–Crippen LogP) is 6.52. The maximum absolute atomic E-state index is 14.0. The Balaban J connectivity index is 1.88. The van der Waals surface area contributed by atoms with Crippen LogP contribution >= 0.6 is 11.6 Å². The zero-order valence-electron chi connectivity index (χ0n) is 15.9. The Morgan fingerprint density at radius 2 is 1.79 bits per heavy atom. The Labute approximate surface area is 174 Å². The second-order valence-corrected chi connectivity index (χ2v) is 6.58. The van der Waals surface area contributed by atoms with Crippen molar-refractivity contribution < 1.29 is 13.9 Å². The molecule has 3 aromatic rings. The Kier molecular flexibility index (Phi) is 6.89. The minimum absolute atomic E-state index is 0.232. The highest BCUT2D eigenvalue weighted by Gasteiger charge is 2.10. The molecule has 0 saturated carbocycles. The maximum Gasteiger partial charge on any atom is 0.161 e. The molecule has 0 aliphatic heterocycles. The molecule has 0 saturated heterocycles. The Bertz CT molecular complexity index is 1070. The Morgan fingerprint density at radius 3 is 2.52 bits per heavy atom. The van der Waals surface area contributed by atoms with Crippen molar-refractivity contribution in [3.8, 4) is 17.6 Å². The van der Waals surface area contributed by atoms with Gasteiger partial charge in [0.2, 0.25) is 0 Å². The SMILES string of the molecule is CCOc1cc(C=C(C#N)c2ccccc2F)ccc1OCc1ccccc1Cl. The van der Waals surface area contributed by atoms with Crippen molar-refractivity contribution in [2.24, 2.45) is 0 Å². The van der Waals surface area contributed by atoms with E-state index in [2.05, 4.69) is 6.07 Å². The Morgan fingerprint density at radius 1 is 1.03 bits per heavy atom. The number of hydrogen-bond donors (Lipinski definition) is 0. The van der Waals surface area contributed by atoms with Crippen LogP contribution in [-0.4, -0.2) is 6.61 Å². The Hall–Kier alpha value is -3.29. The first kappa shape index (κ1) is 20.4. The molecule has 0 unspecified atom stereocenters. The molecule has 146 valence electrons. The fourth-order valence-corrected chi connectivity index (χ4v) is 2.98. The van der Waals surface area contributed by atoms with Gasteiger partial charge in [-0.1, -0.05) is 54.1 Å². The van der Waals surface area contributed by atoms with Crippen LogP contribution in [-0.2, 0) is 6.61 Å². The molecular formula is C24H19ClFNO2. The number of hydrogen-bond acceptors (Lipinski definition) is 3. The third-order valence-corrected chi connectivity index (χ3v) is 4.57. The van der Waals surface area contributed by atoms with Crippen molar-refractivity contribution in [2.75, 3.05) is 6.61 Å². The van der Waals surface area contributed by atoms with Crippen LogP contribution in [0.25, 0.3) is 11.6 Å². The van der Waals surface area contributed by atoms with Crippen LogP contribution in [0.3, 0.4) is 0 Å². The largest absolute Gasteiger partial charge is 0.490 e. The molecule has 5 heteroatoms. The average Bonchev–Trinajstić information content (AvgIpc) is 2.73. The molecule has 0 amide bonds. The highest BCUT2D eigenvalue weighted by molar-refractivity contribution is 6.31. The van der Waals surface area contributed by atoms with Crippen LogP contribution in [0.2, 0.25) is 5.02 Å². The topological polar surface area (TPSA) is 42.2 Å². The third kappa shape index (κ3) is 5.16. The fraction of sp³-hybridized carbons (Fsp3) is 0.125. The molecule has 0 radical (unpaired) electrons. The van der Waals surface area contributed by atoms with E-state index in [-0.39, 0.29) is 11.1 Å². The van der Waals surface area contributed by atoms with Gasteiger partial charge in [-0.05, 0) is 42.8 Å². The van der Waals surface area contributed by atoms with Gasteiger partial charge >= 0.3 is 0 Å². The highest BCUT2D eigenvalue weighted by atomic mass is 35.5. The van der Waals surface area contributed by atoms with Gasteiger partial charge in [-0.15, -0.1) is 0 Å². The van der Waals surface area contributed by atoms with Crippen molar-refractivity contribution in [3.63, 3.8) is 0 Å². The van der Waals surface area contributed by atoms with Gasteiger partial charge in [0.15, 0.2) is 11.5 Å². The van der Waals surface area contributed by atoms with Crippen LogP contribution in [0.5, 0.6) is 11.5 Å². The van der Waals surface area contributed by atoms with Crippen LogP contribution in [0.1, 0.15) is 23.6 Å². The van der Waals surface area contributed by atoms with Gasteiger partial charge in [0.25, 0.3) is 0 Å². The molecule has 29 heavy (non-hydrogen) atoms. The lowest BCUT2D eigenvalue weighted by atomic mass is 10.0. The van der Waals surface area contributed by atoms with Crippen molar-refractivity contribution in [3.05, 3.63) is 94.3 Å². The summed E-state index contributed by atoms with van der Waals surface area (Å²) in [6, 6.07) is 21.0. The summed E-state index contributed by atoms with van der Waals surface area (Å²) in [7, 11) is 0. The molecule has 0 heterocycles. The van der Waals surface area contributed by atoms with Gasteiger partial charge in [0, 0.05) is 16.1 Å². The van der Waals surface area contributed by atoms with Gasteiger partial charge in [0.05, 0.1) is 18.2 Å². The van der Waals surface area contributed by atoms with Crippen LogP contribution < -0.4 is 9.47 Å². The molecule has 3 nitrogen and oxygen atoms in total. The van der Waals surface area contributed by atoms with E-state index in [1.165, 1.54) is 6.07 Å². The number of rotatable bonds is 7. The number of allylic oxidation sites excluding steroid dienone is 1. The van der Waals surface area contributed by atoms with Gasteiger partial charge in [-0.3, -0.25) is 0 Å². The van der Waals surface area contributed by atoms with Crippen molar-refractivity contribution in [1.29, 1.82) is 5.26 Å². The maximum atomic E-state index is 14.0. The van der Waals surface area contributed by atoms with E-state index in [9.17, 15) is 9.65 Å². The van der Waals surface area contributed by atoms with Crippen LogP contribution in [0.4, 0.5) is 4.39 Å². The minimum atomic E-state index is -0.440. The molecule has 0 bridgehead atoms. The lowest BCUT2D eigenvalue weighted by molar-refractivity contribution is 0.269. The second-order valence-electron chi connectivity index (χ2n) is 6.17. The molecule has 0 aliphatic rings. The van der Waals surface area contributed by atoms with Crippen LogP contribution in [0.15, 0.2) is 66.7 Å².